The van der Waals surface area contributed by atoms with Crippen molar-refractivity contribution in [1.29, 1.82) is 0 Å². The van der Waals surface area contributed by atoms with E-state index in [1.165, 1.54) is 23.5 Å². The molecule has 7 heteroatoms. The van der Waals surface area contributed by atoms with Crippen molar-refractivity contribution < 1.29 is 12.8 Å². The molecule has 1 N–H and O–H groups in total. The van der Waals surface area contributed by atoms with E-state index >= 15 is 0 Å². The van der Waals surface area contributed by atoms with Gasteiger partial charge in [-0.25, -0.2) is 22.5 Å². The number of nitrogens with zero attached hydrogens (tertiary/aromatic N) is 1. The van der Waals surface area contributed by atoms with Gasteiger partial charge in [-0.05, 0) is 38.1 Å². The van der Waals surface area contributed by atoms with E-state index in [9.17, 15) is 12.8 Å². The maximum absolute atomic E-state index is 12.8. The molecule has 0 spiro atoms. The quantitative estimate of drug-likeness (QED) is 0.944. The molecule has 102 valence electrons. The summed E-state index contributed by atoms with van der Waals surface area (Å²) in [6.45, 7) is 3.57. The number of hydrogen-bond acceptors (Lipinski definition) is 4. The van der Waals surface area contributed by atoms with Gasteiger partial charge in [-0.1, -0.05) is 0 Å². The molecule has 0 aliphatic carbocycles. The van der Waals surface area contributed by atoms with Crippen LogP contribution < -0.4 is 4.72 Å². The molecule has 2 aromatic rings. The number of nitrogens with one attached hydrogen (secondary N) is 1. The predicted octanol–water partition coefficient (Wildman–Crippen LogP) is 2.63. The van der Waals surface area contributed by atoms with Crippen LogP contribution in [0.2, 0.25) is 0 Å². The maximum Gasteiger partial charge on any atom is 0.241 e. The maximum atomic E-state index is 12.8. The average Bonchev–Trinajstić information content (AvgIpc) is 2.76. The Balaban J connectivity index is 2.19. The number of rotatable bonds is 4. The fourth-order valence-corrected chi connectivity index (χ4v) is 3.48. The van der Waals surface area contributed by atoms with Crippen LogP contribution >= 0.6 is 11.3 Å². The second-order valence-electron chi connectivity index (χ2n) is 4.09. The van der Waals surface area contributed by atoms with Crippen molar-refractivity contribution in [2.75, 3.05) is 0 Å². The monoisotopic (exact) mass is 300 g/mol. The minimum atomic E-state index is -3.67. The van der Waals surface area contributed by atoms with Crippen LogP contribution in [0.25, 0.3) is 0 Å². The van der Waals surface area contributed by atoms with Crippen molar-refractivity contribution in [3.63, 3.8) is 0 Å². The lowest BCUT2D eigenvalue weighted by atomic mass is 10.3. The van der Waals surface area contributed by atoms with E-state index in [1.54, 1.807) is 6.92 Å². The third-order valence-electron chi connectivity index (χ3n) is 2.54. The van der Waals surface area contributed by atoms with Crippen LogP contribution in [0.3, 0.4) is 0 Å². The Bertz CT molecular complexity index is 665. The number of sulfonamides is 1. The van der Waals surface area contributed by atoms with Crippen LogP contribution in [-0.4, -0.2) is 13.4 Å². The SMILES string of the molecule is Cc1nc(C(C)NS(=O)(=O)c2ccc(F)cc2)cs1. The van der Waals surface area contributed by atoms with E-state index in [0.29, 0.717) is 5.69 Å². The summed E-state index contributed by atoms with van der Waals surface area (Å²) in [5, 5.41) is 2.69. The highest BCUT2D eigenvalue weighted by atomic mass is 32.2. The molecule has 0 saturated carbocycles. The highest BCUT2D eigenvalue weighted by Crippen LogP contribution is 2.19. The van der Waals surface area contributed by atoms with Crippen LogP contribution in [0.5, 0.6) is 0 Å². The molecular formula is C12H13FN2O2S2. The highest BCUT2D eigenvalue weighted by molar-refractivity contribution is 7.89. The molecule has 0 amide bonds. The van der Waals surface area contributed by atoms with E-state index in [1.807, 2.05) is 12.3 Å². The fraction of sp³-hybridized carbons (Fsp3) is 0.250. The molecule has 1 aromatic carbocycles. The minimum absolute atomic E-state index is 0.0349. The summed E-state index contributed by atoms with van der Waals surface area (Å²) in [6.07, 6.45) is 0. The average molecular weight is 300 g/mol. The predicted molar refractivity (Wildman–Crippen MR) is 72.0 cm³/mol. The van der Waals surface area contributed by atoms with Gasteiger partial charge >= 0.3 is 0 Å². The number of benzene rings is 1. The molecule has 0 saturated heterocycles. The molecule has 2 rings (SSSR count). The minimum Gasteiger partial charge on any atom is -0.245 e. The number of thiazole rings is 1. The van der Waals surface area contributed by atoms with Crippen molar-refractivity contribution in [3.8, 4) is 0 Å². The van der Waals surface area contributed by atoms with Crippen LogP contribution in [-0.2, 0) is 10.0 Å². The van der Waals surface area contributed by atoms with Crippen molar-refractivity contribution in [2.45, 2.75) is 24.8 Å². The zero-order valence-corrected chi connectivity index (χ0v) is 12.1. The lowest BCUT2D eigenvalue weighted by Gasteiger charge is -2.12. The van der Waals surface area contributed by atoms with Crippen LogP contribution in [0, 0.1) is 12.7 Å². The largest absolute Gasteiger partial charge is 0.245 e. The second kappa shape index (κ2) is 5.36. The standard InChI is InChI=1S/C12H13FN2O2S2/c1-8(12-7-18-9(2)14-12)15-19(16,17)11-5-3-10(13)4-6-11/h3-8,15H,1-2H3. The Kier molecular flexibility index (Phi) is 3.98. The molecule has 0 radical (unpaired) electrons. The third kappa shape index (κ3) is 3.37. The first-order valence-electron chi connectivity index (χ1n) is 5.58. The van der Waals surface area contributed by atoms with Gasteiger partial charge in [-0.3, -0.25) is 0 Å². The summed E-state index contributed by atoms with van der Waals surface area (Å²) in [5.74, 6) is -0.470. The normalized spacial score (nSPS) is 13.4. The Morgan fingerprint density at radius 1 is 1.32 bits per heavy atom. The van der Waals surface area contributed by atoms with Gasteiger partial charge in [0, 0.05) is 5.38 Å². The smallest absolute Gasteiger partial charge is 0.241 e. The number of halogens is 1. The molecule has 1 heterocycles. The summed E-state index contributed by atoms with van der Waals surface area (Å²) in [7, 11) is -3.67. The molecule has 1 aromatic heterocycles. The Hall–Kier alpha value is -1.31. The lowest BCUT2D eigenvalue weighted by Crippen LogP contribution is -2.27. The Morgan fingerprint density at radius 3 is 2.47 bits per heavy atom. The topological polar surface area (TPSA) is 59.1 Å². The molecule has 1 atom stereocenters. The third-order valence-corrected chi connectivity index (χ3v) is 4.88. The van der Waals surface area contributed by atoms with E-state index in [2.05, 4.69) is 9.71 Å². The van der Waals surface area contributed by atoms with Gasteiger partial charge < -0.3 is 0 Å². The number of aromatic nitrogens is 1. The summed E-state index contributed by atoms with van der Waals surface area (Å²) >= 11 is 1.46. The fourth-order valence-electron chi connectivity index (χ4n) is 1.55. The van der Waals surface area contributed by atoms with E-state index in [-0.39, 0.29) is 4.90 Å². The molecule has 1 unspecified atom stereocenters. The first-order chi connectivity index (χ1) is 8.88. The zero-order valence-electron chi connectivity index (χ0n) is 10.4. The Morgan fingerprint density at radius 2 is 1.95 bits per heavy atom. The number of hydrogen-bond donors (Lipinski definition) is 1. The molecule has 0 aliphatic rings. The molecule has 0 aliphatic heterocycles. The van der Waals surface area contributed by atoms with Gasteiger partial charge in [0.15, 0.2) is 0 Å². The molecular weight excluding hydrogens is 287 g/mol. The summed E-state index contributed by atoms with van der Waals surface area (Å²) in [6, 6.07) is 4.27. The van der Waals surface area contributed by atoms with Crippen LogP contribution in [0.15, 0.2) is 34.5 Å². The summed E-state index contributed by atoms with van der Waals surface area (Å²) in [4.78, 5) is 4.27. The van der Waals surface area contributed by atoms with Crippen LogP contribution in [0.4, 0.5) is 4.39 Å². The molecule has 0 bridgehead atoms. The first-order valence-corrected chi connectivity index (χ1v) is 7.95. The molecule has 0 fully saturated rings. The molecule has 4 nitrogen and oxygen atoms in total. The number of aryl methyl sites for hydroxylation is 1. The van der Waals surface area contributed by atoms with Gasteiger partial charge in [0.25, 0.3) is 0 Å². The summed E-state index contributed by atoms with van der Waals surface area (Å²) < 4.78 is 39.4. The van der Waals surface area contributed by atoms with E-state index in [4.69, 9.17) is 0 Å². The van der Waals surface area contributed by atoms with Crippen molar-refractivity contribution in [1.82, 2.24) is 9.71 Å². The Labute approximate surface area is 115 Å². The summed E-state index contributed by atoms with van der Waals surface area (Å²) in [5.41, 5.74) is 0.674. The zero-order chi connectivity index (χ0) is 14.0. The lowest BCUT2D eigenvalue weighted by molar-refractivity contribution is 0.563. The second-order valence-corrected chi connectivity index (χ2v) is 6.86. The molecule has 19 heavy (non-hydrogen) atoms. The van der Waals surface area contributed by atoms with Gasteiger partial charge in [0.2, 0.25) is 10.0 Å². The van der Waals surface area contributed by atoms with Gasteiger partial charge in [0.1, 0.15) is 5.82 Å². The van der Waals surface area contributed by atoms with Crippen molar-refractivity contribution >= 4 is 21.4 Å². The van der Waals surface area contributed by atoms with Gasteiger partial charge in [-0.15, -0.1) is 11.3 Å². The van der Waals surface area contributed by atoms with Gasteiger partial charge in [-0.2, -0.15) is 0 Å². The first kappa shape index (κ1) is 14.1. The highest BCUT2D eigenvalue weighted by Gasteiger charge is 2.19. The van der Waals surface area contributed by atoms with Crippen molar-refractivity contribution in [2.24, 2.45) is 0 Å². The van der Waals surface area contributed by atoms with Crippen molar-refractivity contribution in [3.05, 3.63) is 46.2 Å². The van der Waals surface area contributed by atoms with Gasteiger partial charge in [0.05, 0.1) is 21.6 Å². The van der Waals surface area contributed by atoms with E-state index < -0.39 is 21.9 Å². The van der Waals surface area contributed by atoms with E-state index in [0.717, 1.165) is 17.1 Å². The van der Waals surface area contributed by atoms with Crippen LogP contribution in [0.1, 0.15) is 23.7 Å².